The van der Waals surface area contributed by atoms with Crippen LogP contribution in [0.15, 0.2) is 48.3 Å². The van der Waals surface area contributed by atoms with E-state index in [1.807, 2.05) is 38.2 Å². The monoisotopic (exact) mass is 374 g/mol. The molecule has 2 aliphatic rings. The van der Waals surface area contributed by atoms with Gasteiger partial charge in [0.2, 0.25) is 5.95 Å². The maximum absolute atomic E-state index is 5.84. The highest BCUT2D eigenvalue weighted by atomic mass is 15.1. The SMILES string of the molecule is CC.CC1=CC=C(c2nc3cc(CN)ccn3c2-c2ccnc(N)n2)C2CC12. The fourth-order valence-electron chi connectivity index (χ4n) is 3.93. The molecule has 0 radical (unpaired) electrons. The quantitative estimate of drug-likeness (QED) is 0.726. The third-order valence-corrected chi connectivity index (χ3v) is 5.42. The molecule has 2 unspecified atom stereocenters. The molecule has 5 rings (SSSR count). The lowest BCUT2D eigenvalue weighted by Crippen LogP contribution is -2.01. The summed E-state index contributed by atoms with van der Waals surface area (Å²) in [6.45, 7) is 6.70. The molecule has 0 saturated heterocycles. The van der Waals surface area contributed by atoms with Crippen molar-refractivity contribution in [3.63, 3.8) is 0 Å². The van der Waals surface area contributed by atoms with Crippen molar-refractivity contribution in [3.8, 4) is 11.4 Å². The van der Waals surface area contributed by atoms with Gasteiger partial charge in [-0.2, -0.15) is 0 Å². The number of nitrogen functional groups attached to an aromatic ring is 1. The van der Waals surface area contributed by atoms with Crippen molar-refractivity contribution < 1.29 is 0 Å². The summed E-state index contributed by atoms with van der Waals surface area (Å²) in [5.41, 5.74) is 19.1. The normalized spacial score (nSPS) is 20.0. The van der Waals surface area contributed by atoms with E-state index in [9.17, 15) is 0 Å². The Morgan fingerprint density at radius 3 is 2.71 bits per heavy atom. The van der Waals surface area contributed by atoms with E-state index >= 15 is 0 Å². The number of fused-ring (bicyclic) bond motifs is 2. The standard InChI is InChI=1S/C20H20N6.C2H6/c1-11-2-3-13(15-9-14(11)15)18-19(16-4-6-23-20(22)24-16)26-7-5-12(10-21)8-17(26)25-18;1-2/h2-8,14-15H,9-10,21H2,1H3,(H2,22,23,24);1-2H3. The number of aromatic nitrogens is 4. The fourth-order valence-corrected chi connectivity index (χ4v) is 3.93. The molecular formula is C22H26N6. The van der Waals surface area contributed by atoms with Crippen LogP contribution in [0, 0.1) is 11.8 Å². The van der Waals surface area contributed by atoms with Gasteiger partial charge in [0, 0.05) is 18.9 Å². The molecule has 3 aromatic rings. The minimum Gasteiger partial charge on any atom is -0.368 e. The summed E-state index contributed by atoms with van der Waals surface area (Å²) in [6, 6.07) is 5.94. The number of pyridine rings is 1. The van der Waals surface area contributed by atoms with Crippen molar-refractivity contribution >= 4 is 17.2 Å². The molecular weight excluding hydrogens is 348 g/mol. The van der Waals surface area contributed by atoms with E-state index in [1.54, 1.807) is 6.20 Å². The van der Waals surface area contributed by atoms with Gasteiger partial charge in [0.1, 0.15) is 5.65 Å². The Hall–Kier alpha value is -2.99. The van der Waals surface area contributed by atoms with Crippen LogP contribution in [0.5, 0.6) is 0 Å². The van der Waals surface area contributed by atoms with Crippen molar-refractivity contribution in [2.24, 2.45) is 17.6 Å². The Balaban J connectivity index is 0.000000932. The molecule has 0 aromatic carbocycles. The molecule has 1 saturated carbocycles. The molecule has 2 aliphatic carbocycles. The van der Waals surface area contributed by atoms with E-state index in [1.165, 1.54) is 17.6 Å². The second-order valence-electron chi connectivity index (χ2n) is 7.06. The summed E-state index contributed by atoms with van der Waals surface area (Å²) < 4.78 is 2.07. The van der Waals surface area contributed by atoms with Crippen LogP contribution < -0.4 is 11.5 Å². The lowest BCUT2D eigenvalue weighted by molar-refractivity contribution is 0.919. The highest BCUT2D eigenvalue weighted by Gasteiger charge is 2.44. The molecule has 28 heavy (non-hydrogen) atoms. The molecule has 3 aromatic heterocycles. The predicted octanol–water partition coefficient (Wildman–Crippen LogP) is 3.84. The van der Waals surface area contributed by atoms with Crippen LogP contribution in [0.2, 0.25) is 0 Å². The summed E-state index contributed by atoms with van der Waals surface area (Å²) >= 11 is 0. The molecule has 0 bridgehead atoms. The predicted molar refractivity (Wildman–Crippen MR) is 113 cm³/mol. The first kappa shape index (κ1) is 18.4. The van der Waals surface area contributed by atoms with Gasteiger partial charge in [0.05, 0.1) is 17.1 Å². The minimum atomic E-state index is 0.264. The van der Waals surface area contributed by atoms with Crippen LogP contribution >= 0.6 is 0 Å². The summed E-state index contributed by atoms with van der Waals surface area (Å²) in [5, 5.41) is 0. The summed E-state index contributed by atoms with van der Waals surface area (Å²) in [6.07, 6.45) is 9.33. The largest absolute Gasteiger partial charge is 0.368 e. The first-order valence-corrected chi connectivity index (χ1v) is 9.84. The third-order valence-electron chi connectivity index (χ3n) is 5.42. The van der Waals surface area contributed by atoms with Crippen LogP contribution in [-0.2, 0) is 6.54 Å². The van der Waals surface area contributed by atoms with E-state index in [0.29, 0.717) is 18.4 Å². The number of nitrogens with two attached hydrogens (primary N) is 2. The Bertz CT molecular complexity index is 1090. The van der Waals surface area contributed by atoms with Crippen molar-refractivity contribution in [2.75, 3.05) is 5.73 Å². The van der Waals surface area contributed by atoms with Gasteiger partial charge in [0.15, 0.2) is 0 Å². The zero-order valence-electron chi connectivity index (χ0n) is 16.6. The lowest BCUT2D eigenvalue weighted by Gasteiger charge is -2.12. The first-order valence-electron chi connectivity index (χ1n) is 9.84. The van der Waals surface area contributed by atoms with Gasteiger partial charge in [-0.15, -0.1) is 0 Å². The van der Waals surface area contributed by atoms with Crippen molar-refractivity contribution in [1.29, 1.82) is 0 Å². The van der Waals surface area contributed by atoms with E-state index in [0.717, 1.165) is 28.3 Å². The van der Waals surface area contributed by atoms with Crippen LogP contribution in [0.25, 0.3) is 22.6 Å². The Kier molecular flexibility index (Phi) is 4.73. The lowest BCUT2D eigenvalue weighted by atomic mass is 9.95. The molecule has 4 N–H and O–H groups in total. The van der Waals surface area contributed by atoms with Crippen molar-refractivity contribution in [1.82, 2.24) is 19.4 Å². The Morgan fingerprint density at radius 2 is 1.96 bits per heavy atom. The number of hydrogen-bond acceptors (Lipinski definition) is 5. The second-order valence-corrected chi connectivity index (χ2v) is 7.06. The van der Waals surface area contributed by atoms with Gasteiger partial charge < -0.3 is 11.5 Å². The van der Waals surface area contributed by atoms with E-state index in [4.69, 9.17) is 16.5 Å². The first-order chi connectivity index (χ1) is 13.7. The summed E-state index contributed by atoms with van der Waals surface area (Å²) in [4.78, 5) is 13.4. The summed E-state index contributed by atoms with van der Waals surface area (Å²) in [7, 11) is 0. The molecule has 0 aliphatic heterocycles. The molecule has 3 heterocycles. The topological polar surface area (TPSA) is 95.1 Å². The second kappa shape index (κ2) is 7.20. The Labute approximate surface area is 165 Å². The minimum absolute atomic E-state index is 0.264. The number of nitrogens with zero attached hydrogens (tertiary/aromatic N) is 4. The van der Waals surface area contributed by atoms with Crippen LogP contribution in [0.4, 0.5) is 5.95 Å². The van der Waals surface area contributed by atoms with Crippen molar-refractivity contribution in [2.45, 2.75) is 33.7 Å². The number of hydrogen-bond donors (Lipinski definition) is 2. The number of imidazole rings is 1. The van der Waals surface area contributed by atoms with Gasteiger partial charge in [-0.25, -0.2) is 15.0 Å². The van der Waals surface area contributed by atoms with Crippen LogP contribution in [0.3, 0.4) is 0 Å². The smallest absolute Gasteiger partial charge is 0.220 e. The average molecular weight is 374 g/mol. The van der Waals surface area contributed by atoms with Gasteiger partial charge >= 0.3 is 0 Å². The Morgan fingerprint density at radius 1 is 1.14 bits per heavy atom. The van der Waals surface area contributed by atoms with Gasteiger partial charge in [-0.05, 0) is 54.5 Å². The van der Waals surface area contributed by atoms with E-state index < -0.39 is 0 Å². The number of anilines is 1. The van der Waals surface area contributed by atoms with E-state index in [2.05, 4.69) is 33.4 Å². The maximum Gasteiger partial charge on any atom is 0.220 e. The van der Waals surface area contributed by atoms with Gasteiger partial charge in [-0.3, -0.25) is 4.40 Å². The number of allylic oxidation sites excluding steroid dienone is 4. The summed E-state index contributed by atoms with van der Waals surface area (Å²) in [5.74, 6) is 1.47. The zero-order valence-corrected chi connectivity index (χ0v) is 16.6. The fraction of sp³-hybridized carbons (Fsp3) is 0.318. The highest BCUT2D eigenvalue weighted by Crippen LogP contribution is 2.55. The molecule has 144 valence electrons. The van der Waals surface area contributed by atoms with Gasteiger partial charge in [0.25, 0.3) is 0 Å². The maximum atomic E-state index is 5.84. The number of rotatable bonds is 3. The molecule has 0 spiro atoms. The highest BCUT2D eigenvalue weighted by molar-refractivity contribution is 5.83. The third kappa shape index (κ3) is 2.99. The average Bonchev–Trinajstić information content (AvgIpc) is 3.44. The van der Waals surface area contributed by atoms with E-state index in [-0.39, 0.29) is 5.95 Å². The van der Waals surface area contributed by atoms with Crippen molar-refractivity contribution in [3.05, 3.63) is 59.6 Å². The molecule has 6 heteroatoms. The van der Waals surface area contributed by atoms with Crippen LogP contribution in [0.1, 0.15) is 38.4 Å². The zero-order chi connectivity index (χ0) is 19.8. The molecule has 0 amide bonds. The van der Waals surface area contributed by atoms with Crippen LogP contribution in [-0.4, -0.2) is 19.4 Å². The molecule has 2 atom stereocenters. The molecule has 1 fully saturated rings. The molecule has 6 nitrogen and oxygen atoms in total. The van der Waals surface area contributed by atoms with Gasteiger partial charge in [-0.1, -0.05) is 31.6 Å².